The molecule has 90 valence electrons. The van der Waals surface area contributed by atoms with E-state index in [1.807, 2.05) is 48.5 Å². The Kier molecular flexibility index (Phi) is 2.96. The van der Waals surface area contributed by atoms with Crippen molar-refractivity contribution in [3.8, 4) is 0 Å². The van der Waals surface area contributed by atoms with Crippen LogP contribution < -0.4 is 10.8 Å². The normalized spacial score (nSPS) is 16.0. The maximum absolute atomic E-state index is 12.0. The monoisotopic (exact) mass is 245 g/mol. The van der Waals surface area contributed by atoms with Crippen molar-refractivity contribution in [3.63, 3.8) is 0 Å². The third-order valence-corrected chi connectivity index (χ3v) is 3.19. The zero-order valence-corrected chi connectivity index (χ0v) is 10.4. The van der Waals surface area contributed by atoms with Crippen molar-refractivity contribution < 1.29 is 4.79 Å². The zero-order chi connectivity index (χ0) is 13.2. The van der Waals surface area contributed by atoms with Crippen molar-refractivity contribution in [1.82, 2.24) is 0 Å². The van der Waals surface area contributed by atoms with Gasteiger partial charge in [-0.15, -0.1) is 0 Å². The van der Waals surface area contributed by atoms with E-state index in [1.54, 1.807) is 6.07 Å². The van der Waals surface area contributed by atoms with Crippen LogP contribution in [-0.4, -0.2) is 13.8 Å². The van der Waals surface area contributed by atoms with E-state index in [4.69, 9.17) is 7.85 Å². The van der Waals surface area contributed by atoms with E-state index in [9.17, 15) is 4.79 Å². The van der Waals surface area contributed by atoms with Crippen LogP contribution >= 0.6 is 0 Å². The van der Waals surface area contributed by atoms with Gasteiger partial charge in [-0.2, -0.15) is 0 Å². The number of nitrogens with one attached hydrogen (secondary N) is 1. The summed E-state index contributed by atoms with van der Waals surface area (Å²) in [6.07, 6.45) is 2.53. The van der Waals surface area contributed by atoms with E-state index < -0.39 is 0 Å². The van der Waals surface area contributed by atoms with Crippen LogP contribution in [0.4, 0.5) is 5.69 Å². The van der Waals surface area contributed by atoms with Crippen molar-refractivity contribution in [2.75, 3.05) is 5.32 Å². The third-order valence-electron chi connectivity index (χ3n) is 3.19. The first-order chi connectivity index (χ1) is 9.22. The van der Waals surface area contributed by atoms with Crippen LogP contribution in [0.1, 0.15) is 11.1 Å². The number of carbonyl (C=O) groups is 1. The van der Waals surface area contributed by atoms with Gasteiger partial charge in [-0.3, -0.25) is 4.79 Å². The van der Waals surface area contributed by atoms with E-state index in [2.05, 4.69) is 5.32 Å². The fourth-order valence-electron chi connectivity index (χ4n) is 2.24. The summed E-state index contributed by atoms with van der Waals surface area (Å²) in [6, 6.07) is 15.4. The summed E-state index contributed by atoms with van der Waals surface area (Å²) in [5.41, 5.74) is 4.41. The minimum atomic E-state index is -0.0406. The standard InChI is InChI=1S/C16H12BNO/c17-14-6-7-15-12(10-14)9-13(16(19)18-15)8-11-4-2-1-3-5-11/h1-8,10H,9H2,(H,18,19)/b13-8+. The quantitative estimate of drug-likeness (QED) is 0.604. The maximum Gasteiger partial charge on any atom is 0.251 e. The van der Waals surface area contributed by atoms with Gasteiger partial charge in [0.25, 0.3) is 5.91 Å². The highest BCUT2D eigenvalue weighted by molar-refractivity contribution is 6.32. The summed E-state index contributed by atoms with van der Waals surface area (Å²) >= 11 is 0. The van der Waals surface area contributed by atoms with Crippen molar-refractivity contribution in [3.05, 3.63) is 65.2 Å². The third kappa shape index (κ3) is 2.45. The number of rotatable bonds is 1. The molecule has 0 unspecified atom stereocenters. The van der Waals surface area contributed by atoms with Crippen LogP contribution in [0.25, 0.3) is 6.08 Å². The molecule has 0 saturated carbocycles. The van der Waals surface area contributed by atoms with Gasteiger partial charge >= 0.3 is 0 Å². The largest absolute Gasteiger partial charge is 0.322 e. The number of amides is 1. The summed E-state index contributed by atoms with van der Waals surface area (Å²) < 4.78 is 0. The van der Waals surface area contributed by atoms with E-state index in [-0.39, 0.29) is 5.91 Å². The average molecular weight is 245 g/mol. The molecule has 0 bridgehead atoms. The lowest BCUT2D eigenvalue weighted by molar-refractivity contribution is -0.113. The SMILES string of the molecule is [B]c1ccc2c(c1)C/C(=C\c1ccccc1)C(=O)N2. The Morgan fingerprint density at radius 3 is 2.68 bits per heavy atom. The number of fused-ring (bicyclic) bond motifs is 1. The lowest BCUT2D eigenvalue weighted by atomic mass is 9.89. The van der Waals surface area contributed by atoms with Crippen LogP contribution in [-0.2, 0) is 11.2 Å². The van der Waals surface area contributed by atoms with E-state index in [0.29, 0.717) is 11.9 Å². The van der Waals surface area contributed by atoms with Gasteiger partial charge < -0.3 is 5.32 Å². The lowest BCUT2D eigenvalue weighted by Gasteiger charge is -2.20. The number of carbonyl (C=O) groups excluding carboxylic acids is 1. The molecule has 2 aromatic rings. The maximum atomic E-state index is 12.0. The summed E-state index contributed by atoms with van der Waals surface area (Å²) in [5.74, 6) is -0.0406. The van der Waals surface area contributed by atoms with Gasteiger partial charge in [0.15, 0.2) is 0 Å². The molecule has 1 amide bonds. The molecule has 2 radical (unpaired) electrons. The van der Waals surface area contributed by atoms with Crippen molar-refractivity contribution in [2.24, 2.45) is 0 Å². The topological polar surface area (TPSA) is 29.1 Å². The lowest BCUT2D eigenvalue weighted by Crippen LogP contribution is -2.23. The minimum absolute atomic E-state index is 0.0406. The Hall–Kier alpha value is -2.29. The molecule has 0 spiro atoms. The Morgan fingerprint density at radius 1 is 1.11 bits per heavy atom. The smallest absolute Gasteiger partial charge is 0.251 e. The molecular formula is C16H12BNO. The molecule has 19 heavy (non-hydrogen) atoms. The van der Waals surface area contributed by atoms with Crippen LogP contribution in [0.15, 0.2) is 54.1 Å². The van der Waals surface area contributed by atoms with Gasteiger partial charge in [0.05, 0.1) is 0 Å². The van der Waals surface area contributed by atoms with Crippen LogP contribution in [0.5, 0.6) is 0 Å². The van der Waals surface area contributed by atoms with Gasteiger partial charge in [-0.1, -0.05) is 47.9 Å². The summed E-state index contributed by atoms with van der Waals surface area (Å²) in [5, 5.41) is 2.89. The number of hydrogen-bond donors (Lipinski definition) is 1. The molecule has 2 aromatic carbocycles. The molecule has 0 fully saturated rings. The molecule has 2 nitrogen and oxygen atoms in total. The summed E-state index contributed by atoms with van der Waals surface area (Å²) in [7, 11) is 5.78. The highest BCUT2D eigenvalue weighted by atomic mass is 16.1. The summed E-state index contributed by atoms with van der Waals surface area (Å²) in [6.45, 7) is 0. The predicted octanol–water partition coefficient (Wildman–Crippen LogP) is 2.06. The van der Waals surface area contributed by atoms with Crippen LogP contribution in [0, 0.1) is 0 Å². The van der Waals surface area contributed by atoms with E-state index in [0.717, 1.165) is 22.4 Å². The Bertz CT molecular complexity index is 662. The van der Waals surface area contributed by atoms with Gasteiger partial charge in [-0.05, 0) is 23.3 Å². The van der Waals surface area contributed by atoms with Crippen molar-refractivity contribution in [2.45, 2.75) is 6.42 Å². The van der Waals surface area contributed by atoms with Gasteiger partial charge in [-0.25, -0.2) is 0 Å². The first-order valence-electron chi connectivity index (χ1n) is 6.18. The molecule has 0 aliphatic carbocycles. The van der Waals surface area contributed by atoms with Crippen LogP contribution in [0.3, 0.4) is 0 Å². The number of benzene rings is 2. The highest BCUT2D eigenvalue weighted by Crippen LogP contribution is 2.25. The molecule has 1 aliphatic heterocycles. The fraction of sp³-hybridized carbons (Fsp3) is 0.0625. The van der Waals surface area contributed by atoms with Crippen molar-refractivity contribution >= 4 is 31.0 Å². The van der Waals surface area contributed by atoms with Gasteiger partial charge in [0.1, 0.15) is 7.85 Å². The summed E-state index contributed by atoms with van der Waals surface area (Å²) in [4.78, 5) is 12.0. The van der Waals surface area contributed by atoms with E-state index >= 15 is 0 Å². The molecule has 1 N–H and O–H groups in total. The second-order valence-corrected chi connectivity index (χ2v) is 4.63. The molecule has 3 heteroatoms. The minimum Gasteiger partial charge on any atom is -0.322 e. The molecular weight excluding hydrogens is 233 g/mol. The van der Waals surface area contributed by atoms with Gasteiger partial charge in [0.2, 0.25) is 0 Å². The zero-order valence-electron chi connectivity index (χ0n) is 10.4. The van der Waals surface area contributed by atoms with Gasteiger partial charge in [0, 0.05) is 17.7 Å². The molecule has 3 rings (SSSR count). The fourth-order valence-corrected chi connectivity index (χ4v) is 2.24. The molecule has 0 aromatic heterocycles. The second-order valence-electron chi connectivity index (χ2n) is 4.63. The Balaban J connectivity index is 1.97. The second kappa shape index (κ2) is 4.77. The number of hydrogen-bond acceptors (Lipinski definition) is 1. The molecule has 1 aliphatic rings. The highest BCUT2D eigenvalue weighted by Gasteiger charge is 2.19. The molecule has 0 saturated heterocycles. The number of anilines is 1. The molecule has 0 atom stereocenters. The molecule has 1 heterocycles. The predicted molar refractivity (Wildman–Crippen MR) is 78.6 cm³/mol. The first-order valence-corrected chi connectivity index (χ1v) is 6.18. The van der Waals surface area contributed by atoms with Crippen LogP contribution in [0.2, 0.25) is 0 Å². The first kappa shape index (κ1) is 11.8. The van der Waals surface area contributed by atoms with Crippen molar-refractivity contribution in [1.29, 1.82) is 0 Å². The van der Waals surface area contributed by atoms with E-state index in [1.165, 1.54) is 0 Å². The Labute approximate surface area is 113 Å². The average Bonchev–Trinajstić information content (AvgIpc) is 2.41. The Morgan fingerprint density at radius 2 is 1.89 bits per heavy atom.